The lowest BCUT2D eigenvalue weighted by molar-refractivity contribution is -0.112. The van der Waals surface area contributed by atoms with E-state index in [0.717, 1.165) is 53.1 Å². The highest BCUT2D eigenvalue weighted by Gasteiger charge is 2.28. The predicted octanol–water partition coefficient (Wildman–Crippen LogP) is 4.38. The first-order valence-corrected chi connectivity index (χ1v) is 9.30. The van der Waals surface area contributed by atoms with Crippen molar-refractivity contribution in [3.63, 3.8) is 0 Å². The van der Waals surface area contributed by atoms with Crippen molar-refractivity contribution in [3.05, 3.63) is 70.4 Å². The Labute approximate surface area is 162 Å². The topological polar surface area (TPSA) is 58.2 Å². The van der Waals surface area contributed by atoms with Crippen LogP contribution in [0.5, 0.6) is 5.75 Å². The molecule has 1 aliphatic rings. The lowest BCUT2D eigenvalue weighted by Crippen LogP contribution is -2.22. The van der Waals surface area contributed by atoms with Gasteiger partial charge in [-0.3, -0.25) is 10.00 Å². The number of carbonyl (C=O) groups is 1. The Morgan fingerprint density at radius 1 is 1.33 bits per heavy atom. The van der Waals surface area contributed by atoms with Crippen LogP contribution < -0.4 is 4.74 Å². The number of nitrogens with one attached hydrogen (secondary N) is 1. The second-order valence-corrected chi connectivity index (χ2v) is 7.01. The Morgan fingerprint density at radius 2 is 2.22 bits per heavy atom. The van der Waals surface area contributed by atoms with E-state index in [1.54, 1.807) is 6.20 Å². The minimum absolute atomic E-state index is 0.151. The van der Waals surface area contributed by atoms with Crippen molar-refractivity contribution in [2.75, 3.05) is 6.54 Å². The molecule has 1 N–H and O–H groups in total. The highest BCUT2D eigenvalue weighted by atomic mass is 35.5. The van der Waals surface area contributed by atoms with Crippen LogP contribution in [0.15, 0.2) is 48.7 Å². The number of aromatic amines is 1. The van der Waals surface area contributed by atoms with Crippen LogP contribution in [0, 0.1) is 0 Å². The number of rotatable bonds is 6. The number of hydrogen-bond acceptors (Lipinski definition) is 4. The number of aldehydes is 1. The Hall–Kier alpha value is -2.63. The first-order valence-electron chi connectivity index (χ1n) is 8.92. The fourth-order valence-corrected chi connectivity index (χ4v) is 3.74. The number of benzene rings is 2. The highest BCUT2D eigenvalue weighted by Crippen LogP contribution is 2.34. The molecule has 1 aromatic heterocycles. The van der Waals surface area contributed by atoms with Gasteiger partial charge in [0.15, 0.2) is 0 Å². The summed E-state index contributed by atoms with van der Waals surface area (Å²) in [5, 5.41) is 7.85. The first kappa shape index (κ1) is 17.8. The van der Waals surface area contributed by atoms with Crippen LogP contribution in [0.2, 0.25) is 5.02 Å². The molecule has 2 aromatic carbocycles. The number of hydrogen-bond donors (Lipinski definition) is 1. The van der Waals surface area contributed by atoms with Crippen LogP contribution in [-0.4, -0.2) is 27.9 Å². The maximum atomic E-state index is 11.4. The van der Waals surface area contributed by atoms with E-state index in [1.165, 1.54) is 0 Å². The van der Waals surface area contributed by atoms with Crippen LogP contribution in [0.1, 0.15) is 29.7 Å². The molecule has 2 heterocycles. The third-order valence-corrected chi connectivity index (χ3v) is 5.20. The number of carbonyl (C=O) groups excluding carboxylic acids is 1. The van der Waals surface area contributed by atoms with Gasteiger partial charge in [0.1, 0.15) is 18.6 Å². The Kier molecular flexibility index (Phi) is 4.97. The van der Waals surface area contributed by atoms with Gasteiger partial charge in [0.25, 0.3) is 0 Å². The maximum absolute atomic E-state index is 11.4. The SMILES string of the molecule is CCN1Cc2cc(OCc3cn[nH]c3-c3cccc(Cl)c3)ccc2C1C=O. The monoisotopic (exact) mass is 381 g/mol. The molecule has 6 heteroatoms. The van der Waals surface area contributed by atoms with Crippen LogP contribution in [0.25, 0.3) is 11.3 Å². The van der Waals surface area contributed by atoms with Gasteiger partial charge >= 0.3 is 0 Å². The number of likely N-dealkylation sites (N-methyl/N-ethyl adjacent to an activating group) is 1. The van der Waals surface area contributed by atoms with E-state index in [9.17, 15) is 4.79 Å². The van der Waals surface area contributed by atoms with Gasteiger partial charge < -0.3 is 9.53 Å². The largest absolute Gasteiger partial charge is 0.489 e. The van der Waals surface area contributed by atoms with Crippen LogP contribution in [-0.2, 0) is 17.9 Å². The molecule has 0 fully saturated rings. The highest BCUT2D eigenvalue weighted by molar-refractivity contribution is 6.30. The number of aromatic nitrogens is 2. The molecule has 0 saturated heterocycles. The van der Waals surface area contributed by atoms with E-state index < -0.39 is 0 Å². The summed E-state index contributed by atoms with van der Waals surface area (Å²) in [6.45, 7) is 4.07. The fourth-order valence-electron chi connectivity index (χ4n) is 3.55. The molecule has 0 aliphatic carbocycles. The second kappa shape index (κ2) is 7.55. The summed E-state index contributed by atoms with van der Waals surface area (Å²) in [5.74, 6) is 0.787. The smallest absolute Gasteiger partial charge is 0.141 e. The molecule has 0 saturated carbocycles. The van der Waals surface area contributed by atoms with Gasteiger partial charge in [0, 0.05) is 22.7 Å². The molecular weight excluding hydrogens is 362 g/mol. The maximum Gasteiger partial charge on any atom is 0.141 e. The van der Waals surface area contributed by atoms with E-state index in [-0.39, 0.29) is 6.04 Å². The van der Waals surface area contributed by atoms with Gasteiger partial charge in [-0.25, -0.2) is 0 Å². The fraction of sp³-hybridized carbons (Fsp3) is 0.238. The molecule has 1 atom stereocenters. The van der Waals surface area contributed by atoms with Gasteiger partial charge in [-0.2, -0.15) is 5.10 Å². The minimum Gasteiger partial charge on any atom is -0.489 e. The molecule has 0 spiro atoms. The Bertz CT molecular complexity index is 970. The van der Waals surface area contributed by atoms with Crippen molar-refractivity contribution in [3.8, 4) is 17.0 Å². The number of nitrogens with zero attached hydrogens (tertiary/aromatic N) is 2. The zero-order valence-corrected chi connectivity index (χ0v) is 15.7. The molecule has 5 nitrogen and oxygen atoms in total. The van der Waals surface area contributed by atoms with Gasteiger partial charge in [-0.1, -0.05) is 36.7 Å². The molecule has 27 heavy (non-hydrogen) atoms. The third-order valence-electron chi connectivity index (χ3n) is 4.96. The molecule has 4 rings (SSSR count). The Balaban J connectivity index is 1.51. The van der Waals surface area contributed by atoms with Crippen molar-refractivity contribution >= 4 is 17.9 Å². The van der Waals surface area contributed by atoms with Crippen molar-refractivity contribution in [1.29, 1.82) is 0 Å². The van der Waals surface area contributed by atoms with E-state index in [1.807, 2.05) is 42.5 Å². The third kappa shape index (κ3) is 3.48. The number of halogens is 1. The van der Waals surface area contributed by atoms with Gasteiger partial charge in [-0.15, -0.1) is 0 Å². The number of H-pyrrole nitrogens is 1. The quantitative estimate of drug-likeness (QED) is 0.643. The van der Waals surface area contributed by atoms with Crippen molar-refractivity contribution < 1.29 is 9.53 Å². The first-order chi connectivity index (χ1) is 13.2. The van der Waals surface area contributed by atoms with Crippen molar-refractivity contribution in [2.24, 2.45) is 0 Å². The summed E-state index contributed by atoms with van der Waals surface area (Å²) in [4.78, 5) is 13.6. The minimum atomic E-state index is -0.151. The van der Waals surface area contributed by atoms with E-state index in [4.69, 9.17) is 16.3 Å². The average Bonchev–Trinajstić information content (AvgIpc) is 3.29. The van der Waals surface area contributed by atoms with E-state index >= 15 is 0 Å². The molecule has 138 valence electrons. The summed E-state index contributed by atoms with van der Waals surface area (Å²) in [7, 11) is 0. The molecular formula is C21H20ClN3O2. The molecule has 1 aliphatic heterocycles. The normalized spacial score (nSPS) is 16.3. The molecule has 0 amide bonds. The number of fused-ring (bicyclic) bond motifs is 1. The average molecular weight is 382 g/mol. The summed E-state index contributed by atoms with van der Waals surface area (Å²) in [6, 6.07) is 13.4. The van der Waals surface area contributed by atoms with E-state index in [0.29, 0.717) is 11.6 Å². The van der Waals surface area contributed by atoms with Crippen molar-refractivity contribution in [1.82, 2.24) is 15.1 Å². The van der Waals surface area contributed by atoms with Crippen molar-refractivity contribution in [2.45, 2.75) is 26.1 Å². The second-order valence-electron chi connectivity index (χ2n) is 6.57. The zero-order chi connectivity index (χ0) is 18.8. The zero-order valence-electron chi connectivity index (χ0n) is 15.0. The molecule has 1 unspecified atom stereocenters. The lowest BCUT2D eigenvalue weighted by Gasteiger charge is -2.17. The van der Waals surface area contributed by atoms with Gasteiger partial charge in [-0.05, 0) is 41.9 Å². The summed E-state index contributed by atoms with van der Waals surface area (Å²) in [5.41, 5.74) is 5.05. The Morgan fingerprint density at radius 3 is 3.00 bits per heavy atom. The molecule has 3 aromatic rings. The lowest BCUT2D eigenvalue weighted by atomic mass is 10.1. The van der Waals surface area contributed by atoms with Gasteiger partial charge in [0.2, 0.25) is 0 Å². The predicted molar refractivity (Wildman–Crippen MR) is 105 cm³/mol. The van der Waals surface area contributed by atoms with E-state index in [2.05, 4.69) is 22.0 Å². The summed E-state index contributed by atoms with van der Waals surface area (Å²) < 4.78 is 6.01. The summed E-state index contributed by atoms with van der Waals surface area (Å²) >= 11 is 6.09. The van der Waals surface area contributed by atoms with Gasteiger partial charge in [0.05, 0.1) is 17.9 Å². The van der Waals surface area contributed by atoms with Crippen LogP contribution in [0.3, 0.4) is 0 Å². The summed E-state index contributed by atoms with van der Waals surface area (Å²) in [6.07, 6.45) is 2.78. The molecule has 0 bridgehead atoms. The number of ether oxygens (including phenoxy) is 1. The van der Waals surface area contributed by atoms with Crippen LogP contribution in [0.4, 0.5) is 0 Å². The molecule has 0 radical (unpaired) electrons. The van der Waals surface area contributed by atoms with Crippen LogP contribution >= 0.6 is 11.6 Å². The standard InChI is InChI=1S/C21H20ClN3O2/c1-2-25-11-15-9-18(6-7-19(15)20(25)12-26)27-13-16-10-23-24-21(16)14-4-3-5-17(22)8-14/h3-10,12,20H,2,11,13H2,1H3,(H,23,24).